The van der Waals surface area contributed by atoms with E-state index >= 15 is 0 Å². The third kappa shape index (κ3) is 5.52. The van der Waals surface area contributed by atoms with Crippen LogP contribution in [-0.4, -0.2) is 30.3 Å². The molecular formula is C19H23N3O2. The summed E-state index contributed by atoms with van der Waals surface area (Å²) in [5, 5.41) is 0. The molecule has 0 bridgehead atoms. The topological polar surface area (TPSA) is 61.4 Å². The number of nitrogens with one attached hydrogen (secondary N) is 2. The lowest BCUT2D eigenvalue weighted by atomic mass is 10.1. The van der Waals surface area contributed by atoms with E-state index in [4.69, 9.17) is 0 Å². The highest BCUT2D eigenvalue weighted by Crippen LogP contribution is 2.07. The summed E-state index contributed by atoms with van der Waals surface area (Å²) in [4.78, 5) is 25.7. The zero-order valence-electron chi connectivity index (χ0n) is 14.1. The molecule has 0 atom stereocenters. The van der Waals surface area contributed by atoms with Crippen LogP contribution in [0.25, 0.3) is 0 Å². The fourth-order valence-corrected chi connectivity index (χ4v) is 2.32. The first-order chi connectivity index (χ1) is 11.6. The molecule has 0 saturated heterocycles. The van der Waals surface area contributed by atoms with Crippen LogP contribution in [0.1, 0.15) is 28.4 Å². The maximum atomic E-state index is 11.9. The van der Waals surface area contributed by atoms with Crippen molar-refractivity contribution in [2.24, 2.45) is 0 Å². The van der Waals surface area contributed by atoms with Gasteiger partial charge in [-0.1, -0.05) is 49.4 Å². The Hall–Kier alpha value is -2.66. The van der Waals surface area contributed by atoms with E-state index in [1.54, 1.807) is 24.3 Å². The lowest BCUT2D eigenvalue weighted by molar-refractivity contribution is -0.122. The second-order valence-electron chi connectivity index (χ2n) is 5.71. The molecule has 0 aliphatic carbocycles. The molecule has 5 heteroatoms. The van der Waals surface area contributed by atoms with Gasteiger partial charge in [0.2, 0.25) is 0 Å². The molecule has 0 spiro atoms. The van der Waals surface area contributed by atoms with Gasteiger partial charge < -0.3 is 0 Å². The molecule has 0 fully saturated rings. The number of amides is 2. The fourth-order valence-electron chi connectivity index (χ4n) is 2.32. The maximum absolute atomic E-state index is 11.9. The average Bonchev–Trinajstić information content (AvgIpc) is 2.61. The van der Waals surface area contributed by atoms with Gasteiger partial charge in [0.25, 0.3) is 11.8 Å². The molecule has 5 nitrogen and oxygen atoms in total. The van der Waals surface area contributed by atoms with E-state index in [-0.39, 0.29) is 18.4 Å². The summed E-state index contributed by atoms with van der Waals surface area (Å²) in [6.45, 7) is 2.99. The smallest absolute Gasteiger partial charge is 0.269 e. The van der Waals surface area contributed by atoms with E-state index in [0.717, 1.165) is 12.0 Å². The van der Waals surface area contributed by atoms with Gasteiger partial charge in [-0.15, -0.1) is 0 Å². The number of hydrazine groups is 1. The summed E-state index contributed by atoms with van der Waals surface area (Å²) in [7, 11) is 1.87. The van der Waals surface area contributed by atoms with E-state index in [1.807, 2.05) is 18.0 Å². The van der Waals surface area contributed by atoms with Crippen LogP contribution in [0.2, 0.25) is 0 Å². The Balaban J connectivity index is 1.75. The highest BCUT2D eigenvalue weighted by Gasteiger charge is 2.09. The molecule has 2 aromatic carbocycles. The van der Waals surface area contributed by atoms with E-state index in [1.165, 1.54) is 5.56 Å². The van der Waals surface area contributed by atoms with Gasteiger partial charge in [0.15, 0.2) is 0 Å². The van der Waals surface area contributed by atoms with Crippen LogP contribution in [0.4, 0.5) is 0 Å². The summed E-state index contributed by atoms with van der Waals surface area (Å²) in [5.41, 5.74) is 7.80. The number of rotatable bonds is 6. The molecule has 0 aliphatic heterocycles. The number of hydrogen-bond acceptors (Lipinski definition) is 3. The minimum Gasteiger partial charge on any atom is -0.293 e. The number of nitrogens with zero attached hydrogens (tertiary/aromatic N) is 1. The molecule has 2 N–H and O–H groups in total. The Bertz CT molecular complexity index is 669. The molecule has 0 saturated carbocycles. The molecule has 2 aromatic rings. The first-order valence-electron chi connectivity index (χ1n) is 7.99. The third-order valence-corrected chi connectivity index (χ3v) is 3.65. The van der Waals surface area contributed by atoms with Crippen molar-refractivity contribution >= 4 is 11.8 Å². The van der Waals surface area contributed by atoms with Gasteiger partial charge in [-0.3, -0.25) is 25.3 Å². The summed E-state index contributed by atoms with van der Waals surface area (Å²) in [6.07, 6.45) is 1.01. The Morgan fingerprint density at radius 2 is 1.54 bits per heavy atom. The van der Waals surface area contributed by atoms with E-state index in [2.05, 4.69) is 42.0 Å². The highest BCUT2D eigenvalue weighted by atomic mass is 16.2. The first kappa shape index (κ1) is 17.7. The molecule has 0 aromatic heterocycles. The molecule has 0 aliphatic rings. The molecule has 0 heterocycles. The number of benzene rings is 2. The molecular weight excluding hydrogens is 302 g/mol. The Morgan fingerprint density at radius 3 is 2.17 bits per heavy atom. The zero-order chi connectivity index (χ0) is 17.4. The monoisotopic (exact) mass is 325 g/mol. The van der Waals surface area contributed by atoms with Crippen LogP contribution in [-0.2, 0) is 17.8 Å². The second kappa shape index (κ2) is 8.84. The van der Waals surface area contributed by atoms with Crippen molar-refractivity contribution in [3.8, 4) is 0 Å². The molecule has 2 amide bonds. The number of likely N-dealkylation sites (N-methyl/N-ethyl adjacent to an activating group) is 1. The lowest BCUT2D eigenvalue weighted by Gasteiger charge is -2.16. The minimum absolute atomic E-state index is 0.199. The Labute approximate surface area is 142 Å². The van der Waals surface area contributed by atoms with Crippen LogP contribution in [0.15, 0.2) is 54.6 Å². The standard InChI is InChI=1S/C19H23N3O2/c1-3-15-9-11-16(12-10-15)13-22(2)14-18(23)20-21-19(24)17-7-5-4-6-8-17/h4-12H,3,13-14H2,1-2H3,(H,20,23)(H,21,24). The predicted octanol–water partition coefficient (Wildman–Crippen LogP) is 2.14. The summed E-state index contributed by atoms with van der Waals surface area (Å²) >= 11 is 0. The minimum atomic E-state index is -0.332. The van der Waals surface area contributed by atoms with Crippen molar-refractivity contribution in [2.45, 2.75) is 19.9 Å². The second-order valence-corrected chi connectivity index (χ2v) is 5.71. The van der Waals surface area contributed by atoms with Crippen molar-refractivity contribution < 1.29 is 9.59 Å². The fraction of sp³-hybridized carbons (Fsp3) is 0.263. The molecule has 2 rings (SSSR count). The third-order valence-electron chi connectivity index (χ3n) is 3.65. The first-order valence-corrected chi connectivity index (χ1v) is 7.99. The van der Waals surface area contributed by atoms with Crippen LogP contribution in [0, 0.1) is 0 Å². The van der Waals surface area contributed by atoms with E-state index in [0.29, 0.717) is 12.1 Å². The molecule has 126 valence electrons. The van der Waals surface area contributed by atoms with Crippen LogP contribution in [0.3, 0.4) is 0 Å². The SMILES string of the molecule is CCc1ccc(CN(C)CC(=O)NNC(=O)c2ccccc2)cc1. The van der Waals surface area contributed by atoms with Gasteiger partial charge in [0, 0.05) is 12.1 Å². The van der Waals surface area contributed by atoms with Gasteiger partial charge in [0.05, 0.1) is 6.54 Å². The lowest BCUT2D eigenvalue weighted by Crippen LogP contribution is -2.45. The summed E-state index contributed by atoms with van der Waals surface area (Å²) in [6, 6.07) is 17.1. The van der Waals surface area contributed by atoms with Gasteiger partial charge >= 0.3 is 0 Å². The number of carbonyl (C=O) groups is 2. The summed E-state index contributed by atoms with van der Waals surface area (Å²) in [5.74, 6) is -0.589. The van der Waals surface area contributed by atoms with Crippen molar-refractivity contribution in [2.75, 3.05) is 13.6 Å². The number of hydrogen-bond donors (Lipinski definition) is 2. The average molecular weight is 325 g/mol. The number of aryl methyl sites for hydroxylation is 1. The van der Waals surface area contributed by atoms with Gasteiger partial charge in [0.1, 0.15) is 0 Å². The number of carbonyl (C=O) groups excluding carboxylic acids is 2. The van der Waals surface area contributed by atoms with Gasteiger partial charge in [-0.05, 0) is 36.7 Å². The molecule has 0 unspecified atom stereocenters. The van der Waals surface area contributed by atoms with Gasteiger partial charge in [-0.2, -0.15) is 0 Å². The van der Waals surface area contributed by atoms with Crippen molar-refractivity contribution in [1.82, 2.24) is 15.8 Å². The quantitative estimate of drug-likeness (QED) is 0.800. The van der Waals surface area contributed by atoms with E-state index in [9.17, 15) is 9.59 Å². The van der Waals surface area contributed by atoms with Crippen molar-refractivity contribution in [1.29, 1.82) is 0 Å². The van der Waals surface area contributed by atoms with Crippen LogP contribution >= 0.6 is 0 Å². The predicted molar refractivity (Wildman–Crippen MR) is 94.2 cm³/mol. The largest absolute Gasteiger partial charge is 0.293 e. The maximum Gasteiger partial charge on any atom is 0.269 e. The Morgan fingerprint density at radius 1 is 0.917 bits per heavy atom. The van der Waals surface area contributed by atoms with Gasteiger partial charge in [-0.25, -0.2) is 0 Å². The van der Waals surface area contributed by atoms with E-state index < -0.39 is 0 Å². The molecule has 24 heavy (non-hydrogen) atoms. The van der Waals surface area contributed by atoms with Crippen molar-refractivity contribution in [3.05, 3.63) is 71.3 Å². The summed E-state index contributed by atoms with van der Waals surface area (Å²) < 4.78 is 0. The van der Waals surface area contributed by atoms with Crippen LogP contribution < -0.4 is 10.9 Å². The van der Waals surface area contributed by atoms with Crippen molar-refractivity contribution in [3.63, 3.8) is 0 Å². The zero-order valence-corrected chi connectivity index (χ0v) is 14.1. The van der Waals surface area contributed by atoms with Crippen LogP contribution in [0.5, 0.6) is 0 Å². The molecule has 0 radical (unpaired) electrons. The Kier molecular flexibility index (Phi) is 6.51. The normalized spacial score (nSPS) is 10.5. The highest BCUT2D eigenvalue weighted by molar-refractivity contribution is 5.95.